The monoisotopic (exact) mass is 343 g/mol. The average molecular weight is 344 g/mol. The molecule has 0 radical (unpaired) electrons. The van der Waals surface area contributed by atoms with Crippen LogP contribution in [0.4, 0.5) is 4.79 Å². The number of halogens is 1. The number of nitrogens with zero attached hydrogens (tertiary/aromatic N) is 4. The molecule has 8 heteroatoms. The molecule has 1 atom stereocenters. The fourth-order valence-electron chi connectivity index (χ4n) is 2.63. The maximum atomic E-state index is 12.8. The first kappa shape index (κ1) is 16.0. The molecule has 2 heterocycles. The first-order valence-corrected chi connectivity index (χ1v) is 7.55. The smallest absolute Gasteiger partial charge is 0.321 e. The predicted molar refractivity (Wildman–Crippen MR) is 85.8 cm³/mol. The molecule has 1 saturated heterocycles. The molecule has 3 rings (SSSR count). The molecule has 2 aromatic rings. The lowest BCUT2D eigenvalue weighted by molar-refractivity contribution is -0.131. The number of hydrogen-bond donors (Lipinski definition) is 1. The zero-order valence-corrected chi connectivity index (χ0v) is 13.8. The predicted octanol–water partition coefficient (Wildman–Crippen LogP) is 1.91. The summed E-state index contributed by atoms with van der Waals surface area (Å²) in [7, 11) is 1.71. The molecule has 1 fully saturated rings. The number of hydrogen-bond acceptors (Lipinski definition) is 4. The van der Waals surface area contributed by atoms with Crippen molar-refractivity contribution in [3.05, 3.63) is 52.6 Å². The van der Waals surface area contributed by atoms with Gasteiger partial charge in [0.1, 0.15) is 16.5 Å². The Morgan fingerprint density at radius 2 is 2.00 bits per heavy atom. The summed E-state index contributed by atoms with van der Waals surface area (Å²) in [4.78, 5) is 30.3. The summed E-state index contributed by atoms with van der Waals surface area (Å²) >= 11 is 5.94. The van der Waals surface area contributed by atoms with Gasteiger partial charge in [-0.05, 0) is 24.6 Å². The fraction of sp³-hybridized carbons (Fsp3) is 0.250. The highest BCUT2D eigenvalue weighted by Gasteiger charge is 2.49. The highest BCUT2D eigenvalue weighted by molar-refractivity contribution is 6.29. The van der Waals surface area contributed by atoms with Crippen molar-refractivity contribution in [3.8, 4) is 6.07 Å². The standard InChI is InChI=1S/C16H14ClN5O2/c1-16(11-5-3-10(7-18)4-6-11)14(23)22(15(24)20-16)9-13-19-8-12(17)21(13)2/h3-6,8H,9H2,1-2H3,(H,20,24). The molecule has 122 valence electrons. The second kappa shape index (κ2) is 5.65. The van der Waals surface area contributed by atoms with Crippen LogP contribution in [0.2, 0.25) is 5.15 Å². The second-order valence-electron chi connectivity index (χ2n) is 5.69. The number of rotatable bonds is 3. The van der Waals surface area contributed by atoms with Crippen LogP contribution >= 0.6 is 11.6 Å². The summed E-state index contributed by atoms with van der Waals surface area (Å²) in [5.74, 6) is 0.129. The Morgan fingerprint density at radius 3 is 2.54 bits per heavy atom. The SMILES string of the molecule is Cn1c(Cl)cnc1CN1C(=O)NC(C)(c2ccc(C#N)cc2)C1=O. The minimum Gasteiger partial charge on any atom is -0.321 e. The van der Waals surface area contributed by atoms with E-state index in [0.717, 1.165) is 4.90 Å². The molecule has 1 N–H and O–H groups in total. The Balaban J connectivity index is 1.90. The van der Waals surface area contributed by atoms with Crippen LogP contribution in [0.25, 0.3) is 0 Å². The van der Waals surface area contributed by atoms with Gasteiger partial charge in [0.15, 0.2) is 0 Å². The van der Waals surface area contributed by atoms with Crippen LogP contribution in [0.5, 0.6) is 0 Å². The number of imide groups is 1. The molecule has 7 nitrogen and oxygen atoms in total. The number of amides is 3. The van der Waals surface area contributed by atoms with Gasteiger partial charge < -0.3 is 9.88 Å². The zero-order chi connectivity index (χ0) is 17.5. The van der Waals surface area contributed by atoms with Crippen molar-refractivity contribution in [2.24, 2.45) is 7.05 Å². The van der Waals surface area contributed by atoms with Gasteiger partial charge in [-0.15, -0.1) is 0 Å². The number of nitriles is 1. The minimum atomic E-state index is -1.18. The Hall–Kier alpha value is -2.85. The topological polar surface area (TPSA) is 91.0 Å². The van der Waals surface area contributed by atoms with Crippen molar-refractivity contribution in [1.29, 1.82) is 5.26 Å². The number of urea groups is 1. The van der Waals surface area contributed by atoms with Gasteiger partial charge in [0, 0.05) is 7.05 Å². The van der Waals surface area contributed by atoms with Crippen LogP contribution in [0.1, 0.15) is 23.9 Å². The molecule has 1 aromatic heterocycles. The van der Waals surface area contributed by atoms with E-state index in [0.29, 0.717) is 22.1 Å². The molecule has 1 unspecified atom stereocenters. The highest BCUT2D eigenvalue weighted by Crippen LogP contribution is 2.30. The molecule has 1 aromatic carbocycles. The van der Waals surface area contributed by atoms with E-state index in [9.17, 15) is 9.59 Å². The molecule has 0 aliphatic carbocycles. The summed E-state index contributed by atoms with van der Waals surface area (Å²) in [6.07, 6.45) is 1.47. The lowest BCUT2D eigenvalue weighted by Crippen LogP contribution is -2.40. The first-order chi connectivity index (χ1) is 11.4. The lowest BCUT2D eigenvalue weighted by atomic mass is 9.91. The average Bonchev–Trinajstić information content (AvgIpc) is 3.01. The maximum absolute atomic E-state index is 12.8. The van der Waals surface area contributed by atoms with Crippen molar-refractivity contribution in [3.63, 3.8) is 0 Å². The van der Waals surface area contributed by atoms with E-state index in [1.54, 1.807) is 42.8 Å². The summed E-state index contributed by atoms with van der Waals surface area (Å²) < 4.78 is 1.61. The largest absolute Gasteiger partial charge is 0.325 e. The van der Waals surface area contributed by atoms with Crippen LogP contribution in [0.3, 0.4) is 0 Å². The molecular formula is C16H14ClN5O2. The zero-order valence-electron chi connectivity index (χ0n) is 13.1. The van der Waals surface area contributed by atoms with Gasteiger partial charge in [-0.2, -0.15) is 5.26 Å². The minimum absolute atomic E-state index is 0.0275. The van der Waals surface area contributed by atoms with Crippen LogP contribution in [0, 0.1) is 11.3 Å². The Labute approximate surface area is 143 Å². The maximum Gasteiger partial charge on any atom is 0.325 e. The van der Waals surface area contributed by atoms with Crippen molar-refractivity contribution in [1.82, 2.24) is 19.8 Å². The lowest BCUT2D eigenvalue weighted by Gasteiger charge is -2.22. The quantitative estimate of drug-likeness (QED) is 0.862. The van der Waals surface area contributed by atoms with E-state index in [1.165, 1.54) is 6.20 Å². The van der Waals surface area contributed by atoms with Crippen LogP contribution in [0.15, 0.2) is 30.5 Å². The Kier molecular flexibility index (Phi) is 3.78. The fourth-order valence-corrected chi connectivity index (χ4v) is 2.77. The number of aromatic nitrogens is 2. The van der Waals surface area contributed by atoms with Gasteiger partial charge >= 0.3 is 6.03 Å². The summed E-state index contributed by atoms with van der Waals surface area (Å²) in [6, 6.07) is 8.08. The first-order valence-electron chi connectivity index (χ1n) is 7.17. The van der Waals surface area contributed by atoms with E-state index >= 15 is 0 Å². The van der Waals surface area contributed by atoms with E-state index in [2.05, 4.69) is 10.3 Å². The van der Waals surface area contributed by atoms with Gasteiger partial charge in [-0.3, -0.25) is 9.69 Å². The molecule has 0 spiro atoms. The molecule has 0 saturated carbocycles. The highest BCUT2D eigenvalue weighted by atomic mass is 35.5. The molecule has 1 aliphatic rings. The van der Waals surface area contributed by atoms with E-state index < -0.39 is 11.6 Å². The molecule has 3 amide bonds. The Bertz CT molecular complexity index is 868. The van der Waals surface area contributed by atoms with E-state index in [-0.39, 0.29) is 12.5 Å². The van der Waals surface area contributed by atoms with Gasteiger partial charge in [0.25, 0.3) is 5.91 Å². The van der Waals surface area contributed by atoms with E-state index in [4.69, 9.17) is 16.9 Å². The van der Waals surface area contributed by atoms with Gasteiger partial charge in [-0.1, -0.05) is 23.7 Å². The third-order valence-corrected chi connectivity index (χ3v) is 4.54. The third kappa shape index (κ3) is 2.41. The number of benzene rings is 1. The normalized spacial score (nSPS) is 20.2. The van der Waals surface area contributed by atoms with Crippen molar-refractivity contribution >= 4 is 23.5 Å². The summed E-state index contributed by atoms with van der Waals surface area (Å²) in [5.41, 5.74) is -0.0844. The number of carbonyl (C=O) groups is 2. The molecule has 1 aliphatic heterocycles. The number of imidazole rings is 1. The third-order valence-electron chi connectivity index (χ3n) is 4.19. The summed E-state index contributed by atoms with van der Waals surface area (Å²) in [5, 5.41) is 12.0. The van der Waals surface area contributed by atoms with Crippen molar-refractivity contribution in [2.45, 2.75) is 19.0 Å². The van der Waals surface area contributed by atoms with Gasteiger partial charge in [-0.25, -0.2) is 9.78 Å². The van der Waals surface area contributed by atoms with Crippen LogP contribution in [-0.2, 0) is 23.9 Å². The van der Waals surface area contributed by atoms with Crippen LogP contribution in [-0.4, -0.2) is 26.4 Å². The second-order valence-corrected chi connectivity index (χ2v) is 6.08. The van der Waals surface area contributed by atoms with Gasteiger partial charge in [0.2, 0.25) is 0 Å². The summed E-state index contributed by atoms with van der Waals surface area (Å²) in [6.45, 7) is 1.67. The molecule has 0 bridgehead atoms. The van der Waals surface area contributed by atoms with E-state index in [1.807, 2.05) is 6.07 Å². The molecule has 24 heavy (non-hydrogen) atoms. The van der Waals surface area contributed by atoms with Gasteiger partial charge in [0.05, 0.1) is 24.4 Å². The number of carbonyl (C=O) groups excluding carboxylic acids is 2. The van der Waals surface area contributed by atoms with Crippen molar-refractivity contribution in [2.75, 3.05) is 0 Å². The number of nitrogens with one attached hydrogen (secondary N) is 1. The molecular weight excluding hydrogens is 330 g/mol. The Morgan fingerprint density at radius 1 is 1.33 bits per heavy atom. The van der Waals surface area contributed by atoms with Crippen LogP contribution < -0.4 is 5.32 Å². The van der Waals surface area contributed by atoms with Crippen molar-refractivity contribution < 1.29 is 9.59 Å².